The average Bonchev–Trinajstić information content (AvgIpc) is 2.65. The van der Waals surface area contributed by atoms with Crippen molar-refractivity contribution in [1.82, 2.24) is 0 Å². The van der Waals surface area contributed by atoms with Gasteiger partial charge in [-0.1, -0.05) is 34.8 Å². The molecule has 0 radical (unpaired) electrons. The Morgan fingerprint density at radius 3 is 2.39 bits per heavy atom. The second kappa shape index (κ2) is 5.39. The number of halogens is 4. The van der Waals surface area contributed by atoms with Crippen LogP contribution in [0.3, 0.4) is 0 Å². The van der Waals surface area contributed by atoms with E-state index < -0.39 is 0 Å². The molecular formula is C11H5BrCl3NOS. The fourth-order valence-corrected chi connectivity index (χ4v) is 3.34. The highest BCUT2D eigenvalue weighted by Crippen LogP contribution is 2.35. The van der Waals surface area contributed by atoms with Crippen molar-refractivity contribution in [3.8, 4) is 0 Å². The average molecular weight is 385 g/mol. The lowest BCUT2D eigenvalue weighted by molar-refractivity contribution is 0.104. The van der Waals surface area contributed by atoms with Gasteiger partial charge >= 0.3 is 0 Å². The van der Waals surface area contributed by atoms with Crippen LogP contribution >= 0.6 is 62.1 Å². The van der Waals surface area contributed by atoms with E-state index in [1.807, 2.05) is 0 Å². The summed E-state index contributed by atoms with van der Waals surface area (Å²) in [5.41, 5.74) is 6.33. The summed E-state index contributed by atoms with van der Waals surface area (Å²) in [7, 11) is 0. The van der Waals surface area contributed by atoms with Gasteiger partial charge in [0.1, 0.15) is 4.34 Å². The Kier molecular flexibility index (Phi) is 4.24. The predicted octanol–water partition coefficient (Wildman–Crippen LogP) is 5.28. The summed E-state index contributed by atoms with van der Waals surface area (Å²) < 4.78 is 1.21. The van der Waals surface area contributed by atoms with Crippen LogP contribution in [0.4, 0.5) is 5.69 Å². The minimum Gasteiger partial charge on any atom is -0.397 e. The summed E-state index contributed by atoms with van der Waals surface area (Å²) in [4.78, 5) is 12.7. The van der Waals surface area contributed by atoms with E-state index in [-0.39, 0.29) is 21.5 Å². The minimum atomic E-state index is -0.196. The van der Waals surface area contributed by atoms with Crippen LogP contribution in [0.5, 0.6) is 0 Å². The Balaban J connectivity index is 2.46. The van der Waals surface area contributed by atoms with Crippen LogP contribution in [0.2, 0.25) is 14.4 Å². The first-order chi connectivity index (χ1) is 8.40. The summed E-state index contributed by atoms with van der Waals surface area (Å²) in [6.07, 6.45) is 0. The highest BCUT2D eigenvalue weighted by Gasteiger charge is 2.16. The van der Waals surface area contributed by atoms with E-state index in [2.05, 4.69) is 15.9 Å². The fourth-order valence-electron chi connectivity index (χ4n) is 1.34. The first kappa shape index (κ1) is 14.2. The molecule has 18 heavy (non-hydrogen) atoms. The minimum absolute atomic E-state index is 0.196. The maximum atomic E-state index is 12.2. The molecule has 0 bridgehead atoms. The van der Waals surface area contributed by atoms with Crippen molar-refractivity contribution in [1.29, 1.82) is 0 Å². The number of carbonyl (C=O) groups is 1. The second-order valence-electron chi connectivity index (χ2n) is 3.42. The van der Waals surface area contributed by atoms with Crippen molar-refractivity contribution in [2.75, 3.05) is 5.73 Å². The normalized spacial score (nSPS) is 10.7. The Morgan fingerprint density at radius 1 is 1.22 bits per heavy atom. The Labute approximate surface area is 131 Å². The molecule has 0 saturated heterocycles. The number of nitrogens with two attached hydrogens (primary N) is 1. The van der Waals surface area contributed by atoms with Crippen molar-refractivity contribution < 1.29 is 4.79 Å². The number of rotatable bonds is 2. The molecule has 0 atom stereocenters. The lowest BCUT2D eigenvalue weighted by Gasteiger charge is -2.04. The van der Waals surface area contributed by atoms with Gasteiger partial charge in [-0.3, -0.25) is 4.79 Å². The molecule has 1 aromatic carbocycles. The standard InChI is InChI=1S/C11H5BrCl3NOS/c12-5-3-8(18-11(5)15)10(17)4-1-6(13)9(14)7(16)2-4/h1-3H,16H2. The number of nitrogen functional groups attached to an aromatic ring is 1. The number of thiophene rings is 1. The van der Waals surface area contributed by atoms with Crippen molar-refractivity contribution in [2.45, 2.75) is 0 Å². The summed E-state index contributed by atoms with van der Waals surface area (Å²) in [6.45, 7) is 0. The smallest absolute Gasteiger partial charge is 0.203 e. The first-order valence-electron chi connectivity index (χ1n) is 4.64. The van der Waals surface area contributed by atoms with Gasteiger partial charge in [-0.2, -0.15) is 0 Å². The quantitative estimate of drug-likeness (QED) is 0.564. The Hall–Kier alpha value is -0.260. The highest BCUT2D eigenvalue weighted by molar-refractivity contribution is 9.10. The number of hydrogen-bond acceptors (Lipinski definition) is 3. The van der Waals surface area contributed by atoms with Crippen molar-refractivity contribution >= 4 is 73.5 Å². The summed E-state index contributed by atoms with van der Waals surface area (Å²) in [5.74, 6) is -0.196. The molecule has 94 valence electrons. The molecule has 0 aliphatic heterocycles. The van der Waals surface area contributed by atoms with Gasteiger partial charge in [0.15, 0.2) is 0 Å². The fraction of sp³-hybridized carbons (Fsp3) is 0. The zero-order valence-electron chi connectivity index (χ0n) is 8.64. The number of hydrogen-bond donors (Lipinski definition) is 1. The zero-order valence-corrected chi connectivity index (χ0v) is 13.3. The van der Waals surface area contributed by atoms with E-state index in [1.54, 1.807) is 6.07 Å². The van der Waals surface area contributed by atoms with E-state index in [4.69, 9.17) is 40.5 Å². The number of anilines is 1. The molecule has 0 spiro atoms. The highest BCUT2D eigenvalue weighted by atomic mass is 79.9. The third-order valence-corrected chi connectivity index (χ3v) is 5.48. The van der Waals surface area contributed by atoms with Gasteiger partial charge in [0.25, 0.3) is 0 Å². The molecule has 0 unspecified atom stereocenters. The molecule has 2 N–H and O–H groups in total. The lowest BCUT2D eigenvalue weighted by Crippen LogP contribution is -2.00. The van der Waals surface area contributed by atoms with Crippen molar-refractivity contribution in [3.05, 3.63) is 47.5 Å². The third kappa shape index (κ3) is 2.68. The van der Waals surface area contributed by atoms with E-state index in [0.29, 0.717) is 19.2 Å². The molecule has 2 rings (SSSR count). The molecule has 7 heteroatoms. The van der Waals surface area contributed by atoms with Crippen molar-refractivity contribution in [2.24, 2.45) is 0 Å². The molecule has 0 fully saturated rings. The summed E-state index contributed by atoms with van der Waals surface area (Å²) >= 11 is 22.1. The summed E-state index contributed by atoms with van der Waals surface area (Å²) in [5, 5.41) is 0.500. The molecular weight excluding hydrogens is 380 g/mol. The topological polar surface area (TPSA) is 43.1 Å². The maximum absolute atomic E-state index is 12.2. The molecule has 2 nitrogen and oxygen atoms in total. The third-order valence-electron chi connectivity index (χ3n) is 2.19. The largest absolute Gasteiger partial charge is 0.397 e. The van der Waals surface area contributed by atoms with Crippen LogP contribution in [0.1, 0.15) is 15.2 Å². The predicted molar refractivity (Wildman–Crippen MR) is 81.3 cm³/mol. The second-order valence-corrected chi connectivity index (χ2v) is 6.72. The molecule has 0 aliphatic carbocycles. The SMILES string of the molecule is Nc1cc(C(=O)c2cc(Br)c(Cl)s2)cc(Cl)c1Cl. The Morgan fingerprint density at radius 2 is 1.89 bits per heavy atom. The molecule has 0 saturated carbocycles. The molecule has 1 heterocycles. The van der Waals surface area contributed by atoms with E-state index in [0.717, 1.165) is 0 Å². The van der Waals surface area contributed by atoms with Gasteiger partial charge in [-0.25, -0.2) is 0 Å². The van der Waals surface area contributed by atoms with Crippen LogP contribution in [0.25, 0.3) is 0 Å². The molecule has 2 aromatic rings. The number of carbonyl (C=O) groups excluding carboxylic acids is 1. The van der Waals surface area contributed by atoms with Gasteiger partial charge in [-0.05, 0) is 34.1 Å². The zero-order chi connectivity index (χ0) is 13.4. The van der Waals surface area contributed by atoms with E-state index in [1.165, 1.54) is 23.5 Å². The van der Waals surface area contributed by atoms with E-state index >= 15 is 0 Å². The van der Waals surface area contributed by atoms with E-state index in [9.17, 15) is 4.79 Å². The molecule has 1 aromatic heterocycles. The van der Waals surface area contributed by atoms with Gasteiger partial charge in [0, 0.05) is 10.0 Å². The Bertz CT molecular complexity index is 599. The van der Waals surface area contributed by atoms with Crippen LogP contribution in [-0.4, -0.2) is 5.78 Å². The van der Waals surface area contributed by atoms with Crippen molar-refractivity contribution in [3.63, 3.8) is 0 Å². The van der Waals surface area contributed by atoms with Gasteiger partial charge in [0.2, 0.25) is 5.78 Å². The van der Waals surface area contributed by atoms with Crippen LogP contribution in [0, 0.1) is 0 Å². The van der Waals surface area contributed by atoms with Gasteiger partial charge < -0.3 is 5.73 Å². The molecule has 0 amide bonds. The maximum Gasteiger partial charge on any atom is 0.203 e. The van der Waals surface area contributed by atoms with Gasteiger partial charge in [0.05, 0.1) is 20.6 Å². The molecule has 0 aliphatic rings. The van der Waals surface area contributed by atoms with Gasteiger partial charge in [-0.15, -0.1) is 11.3 Å². The summed E-state index contributed by atoms with van der Waals surface area (Å²) in [6, 6.07) is 4.65. The van der Waals surface area contributed by atoms with Crippen LogP contribution < -0.4 is 5.73 Å². The number of ketones is 1. The monoisotopic (exact) mass is 383 g/mol. The lowest BCUT2D eigenvalue weighted by atomic mass is 10.1. The van der Waals surface area contributed by atoms with Crippen LogP contribution in [-0.2, 0) is 0 Å². The first-order valence-corrected chi connectivity index (χ1v) is 7.38. The number of benzene rings is 1. The van der Waals surface area contributed by atoms with Crippen LogP contribution in [0.15, 0.2) is 22.7 Å².